The van der Waals surface area contributed by atoms with Crippen LogP contribution in [0.25, 0.3) is 0 Å². The molecule has 1 N–H and O–H groups in total. The number of nitrogens with zero attached hydrogens (tertiary/aromatic N) is 1. The molecule has 0 fully saturated rings. The maximum Gasteiger partial charge on any atom is 0.127 e. The van der Waals surface area contributed by atoms with Gasteiger partial charge in [0.1, 0.15) is 11.6 Å². The zero-order valence-corrected chi connectivity index (χ0v) is 12.0. The van der Waals surface area contributed by atoms with E-state index in [1.807, 2.05) is 6.07 Å². The fraction of sp³-hybridized carbons (Fsp3) is 0.133. The summed E-state index contributed by atoms with van der Waals surface area (Å²) < 4.78 is 27.8. The van der Waals surface area contributed by atoms with E-state index < -0.39 is 0 Å². The molecule has 0 heterocycles. The lowest BCUT2D eigenvalue weighted by atomic mass is 10.1. The van der Waals surface area contributed by atoms with Gasteiger partial charge in [-0.15, -0.1) is 0 Å². The van der Waals surface area contributed by atoms with E-state index in [9.17, 15) is 8.78 Å². The van der Waals surface area contributed by atoms with Crippen LogP contribution in [0.15, 0.2) is 40.9 Å². The van der Waals surface area contributed by atoms with Gasteiger partial charge in [0, 0.05) is 28.7 Å². The normalized spacial score (nSPS) is 10.3. The van der Waals surface area contributed by atoms with Crippen molar-refractivity contribution in [3.8, 4) is 6.07 Å². The number of hydrogen-bond donors (Lipinski definition) is 1. The topological polar surface area (TPSA) is 35.8 Å². The molecule has 0 aliphatic heterocycles. The van der Waals surface area contributed by atoms with Gasteiger partial charge in [0.15, 0.2) is 0 Å². The first-order valence-electron chi connectivity index (χ1n) is 5.93. The fourth-order valence-electron chi connectivity index (χ4n) is 1.79. The van der Waals surface area contributed by atoms with E-state index in [1.165, 1.54) is 24.3 Å². The molecule has 0 saturated carbocycles. The van der Waals surface area contributed by atoms with E-state index in [0.29, 0.717) is 16.7 Å². The van der Waals surface area contributed by atoms with E-state index in [-0.39, 0.29) is 24.7 Å². The van der Waals surface area contributed by atoms with Gasteiger partial charge in [-0.2, -0.15) is 5.26 Å². The summed E-state index contributed by atoms with van der Waals surface area (Å²) in [5.41, 5.74) is 1.28. The first-order chi connectivity index (χ1) is 9.60. The van der Waals surface area contributed by atoms with Crippen molar-refractivity contribution in [2.75, 3.05) is 0 Å². The summed E-state index contributed by atoms with van der Waals surface area (Å²) >= 11 is 3.27. The van der Waals surface area contributed by atoms with Crippen LogP contribution in [-0.2, 0) is 13.1 Å². The van der Waals surface area contributed by atoms with Gasteiger partial charge < -0.3 is 5.32 Å². The average Bonchev–Trinajstić information content (AvgIpc) is 2.44. The van der Waals surface area contributed by atoms with Crippen LogP contribution in [0.3, 0.4) is 0 Å². The molecular formula is C15H11BrF2N2. The van der Waals surface area contributed by atoms with E-state index >= 15 is 0 Å². The van der Waals surface area contributed by atoms with Crippen LogP contribution in [0.5, 0.6) is 0 Å². The fourth-order valence-corrected chi connectivity index (χ4v) is 2.20. The molecule has 2 rings (SSSR count). The molecule has 0 amide bonds. The Balaban J connectivity index is 2.03. The van der Waals surface area contributed by atoms with Crippen molar-refractivity contribution in [1.82, 2.24) is 5.32 Å². The molecule has 0 aliphatic rings. The molecule has 0 radical (unpaired) electrons. The van der Waals surface area contributed by atoms with Gasteiger partial charge in [-0.3, -0.25) is 0 Å². The molecule has 2 aromatic carbocycles. The predicted molar refractivity (Wildman–Crippen MR) is 75.8 cm³/mol. The largest absolute Gasteiger partial charge is 0.308 e. The van der Waals surface area contributed by atoms with E-state index in [0.717, 1.165) is 4.47 Å². The number of hydrogen-bond acceptors (Lipinski definition) is 2. The van der Waals surface area contributed by atoms with Crippen LogP contribution in [0, 0.1) is 23.0 Å². The van der Waals surface area contributed by atoms with Crippen LogP contribution < -0.4 is 5.32 Å². The number of nitriles is 1. The van der Waals surface area contributed by atoms with Crippen molar-refractivity contribution in [1.29, 1.82) is 5.26 Å². The molecule has 0 unspecified atom stereocenters. The maximum absolute atomic E-state index is 13.5. The zero-order valence-electron chi connectivity index (χ0n) is 10.5. The highest BCUT2D eigenvalue weighted by atomic mass is 79.9. The summed E-state index contributed by atoms with van der Waals surface area (Å²) in [7, 11) is 0. The highest BCUT2D eigenvalue weighted by Gasteiger charge is 2.05. The van der Waals surface area contributed by atoms with Crippen LogP contribution in [-0.4, -0.2) is 0 Å². The summed E-state index contributed by atoms with van der Waals surface area (Å²) in [5.74, 6) is -0.696. The van der Waals surface area contributed by atoms with Crippen LogP contribution in [0.4, 0.5) is 8.78 Å². The van der Waals surface area contributed by atoms with Gasteiger partial charge in [0.2, 0.25) is 0 Å². The third kappa shape index (κ3) is 3.62. The van der Waals surface area contributed by atoms with Crippen molar-refractivity contribution < 1.29 is 8.78 Å². The summed E-state index contributed by atoms with van der Waals surface area (Å²) in [5, 5.41) is 11.7. The second-order valence-electron chi connectivity index (χ2n) is 4.26. The minimum absolute atomic E-state index is 0.229. The summed E-state index contributed by atoms with van der Waals surface area (Å²) in [6.45, 7) is 0.509. The first kappa shape index (κ1) is 14.6. The van der Waals surface area contributed by atoms with Gasteiger partial charge >= 0.3 is 0 Å². The smallest absolute Gasteiger partial charge is 0.127 e. The highest BCUT2D eigenvalue weighted by molar-refractivity contribution is 9.10. The molecule has 0 saturated heterocycles. The Kier molecular flexibility index (Phi) is 4.83. The van der Waals surface area contributed by atoms with Crippen LogP contribution >= 0.6 is 15.9 Å². The van der Waals surface area contributed by atoms with Gasteiger partial charge in [-0.25, -0.2) is 8.78 Å². The Labute approximate surface area is 124 Å². The second kappa shape index (κ2) is 6.60. The summed E-state index contributed by atoms with van der Waals surface area (Å²) in [6.07, 6.45) is 0. The number of halogens is 3. The average molecular weight is 337 g/mol. The number of rotatable bonds is 4. The molecule has 5 heteroatoms. The molecule has 20 heavy (non-hydrogen) atoms. The van der Waals surface area contributed by atoms with Crippen molar-refractivity contribution in [3.05, 3.63) is 69.2 Å². The quantitative estimate of drug-likeness (QED) is 0.919. The molecule has 0 aliphatic carbocycles. The lowest BCUT2D eigenvalue weighted by Crippen LogP contribution is -2.15. The SMILES string of the molecule is N#Cc1ccc(F)c(CNCc2cc(Br)ccc2F)c1. The Morgan fingerprint density at radius 3 is 2.25 bits per heavy atom. The third-order valence-corrected chi connectivity index (χ3v) is 3.31. The molecule has 0 bridgehead atoms. The lowest BCUT2D eigenvalue weighted by molar-refractivity contribution is 0.569. The predicted octanol–water partition coefficient (Wildman–Crippen LogP) is 3.89. The molecule has 102 valence electrons. The van der Waals surface area contributed by atoms with Gasteiger partial charge in [-0.05, 0) is 36.4 Å². The molecule has 0 spiro atoms. The summed E-state index contributed by atoms with van der Waals surface area (Å²) in [6, 6.07) is 10.8. The highest BCUT2D eigenvalue weighted by Crippen LogP contribution is 2.16. The standard InChI is InChI=1S/C15H11BrF2N2/c16-13-2-4-15(18)12(6-13)9-20-8-11-5-10(7-19)1-3-14(11)17/h1-6,20H,8-9H2. The third-order valence-electron chi connectivity index (χ3n) is 2.81. The number of benzene rings is 2. The molecule has 0 atom stereocenters. The van der Waals surface area contributed by atoms with Gasteiger partial charge in [0.25, 0.3) is 0 Å². The van der Waals surface area contributed by atoms with Crippen molar-refractivity contribution in [2.45, 2.75) is 13.1 Å². The monoisotopic (exact) mass is 336 g/mol. The molecule has 2 aromatic rings. The Bertz CT molecular complexity index is 665. The Morgan fingerprint density at radius 1 is 1.00 bits per heavy atom. The molecular weight excluding hydrogens is 326 g/mol. The number of nitrogens with one attached hydrogen (secondary N) is 1. The van der Waals surface area contributed by atoms with Gasteiger partial charge in [0.05, 0.1) is 11.6 Å². The van der Waals surface area contributed by atoms with Crippen LogP contribution in [0.2, 0.25) is 0 Å². The van der Waals surface area contributed by atoms with Crippen molar-refractivity contribution in [2.24, 2.45) is 0 Å². The molecule has 0 aromatic heterocycles. The Hall–Kier alpha value is -1.77. The zero-order chi connectivity index (χ0) is 14.5. The maximum atomic E-state index is 13.5. The van der Waals surface area contributed by atoms with E-state index in [4.69, 9.17) is 5.26 Å². The Morgan fingerprint density at radius 2 is 1.60 bits per heavy atom. The lowest BCUT2D eigenvalue weighted by Gasteiger charge is -2.08. The van der Waals surface area contributed by atoms with E-state index in [1.54, 1.807) is 12.1 Å². The van der Waals surface area contributed by atoms with Gasteiger partial charge in [-0.1, -0.05) is 15.9 Å². The van der Waals surface area contributed by atoms with E-state index in [2.05, 4.69) is 21.2 Å². The minimum Gasteiger partial charge on any atom is -0.308 e. The minimum atomic E-state index is -0.383. The van der Waals surface area contributed by atoms with Crippen LogP contribution in [0.1, 0.15) is 16.7 Å². The summed E-state index contributed by atoms with van der Waals surface area (Å²) in [4.78, 5) is 0. The van der Waals surface area contributed by atoms with Crippen molar-refractivity contribution >= 4 is 15.9 Å². The second-order valence-corrected chi connectivity index (χ2v) is 5.17. The first-order valence-corrected chi connectivity index (χ1v) is 6.72. The molecule has 2 nitrogen and oxygen atoms in total. The van der Waals surface area contributed by atoms with Crippen molar-refractivity contribution in [3.63, 3.8) is 0 Å².